The number of aryl methyl sites for hydroxylation is 1. The number of fused-ring (bicyclic) bond motifs is 1. The van der Waals surface area contributed by atoms with Crippen LogP contribution >= 0.6 is 0 Å². The number of aromatic nitrogens is 1. The molecule has 0 saturated carbocycles. The number of benzene rings is 2. The molecule has 2 aromatic carbocycles. The summed E-state index contributed by atoms with van der Waals surface area (Å²) in [6.07, 6.45) is 1.98. The van der Waals surface area contributed by atoms with E-state index in [4.69, 9.17) is 9.47 Å². The third kappa shape index (κ3) is 4.93. The highest BCUT2D eigenvalue weighted by atomic mass is 16.5. The molecule has 0 unspecified atom stereocenters. The fraction of sp³-hybridized carbons (Fsp3) is 0.348. The molecule has 1 amide bonds. The van der Waals surface area contributed by atoms with Crippen molar-refractivity contribution in [1.82, 2.24) is 10.3 Å². The van der Waals surface area contributed by atoms with Crippen LogP contribution in [0.2, 0.25) is 0 Å². The van der Waals surface area contributed by atoms with Crippen LogP contribution in [0.1, 0.15) is 25.3 Å². The lowest BCUT2D eigenvalue weighted by molar-refractivity contribution is -0.121. The summed E-state index contributed by atoms with van der Waals surface area (Å²) in [6.45, 7) is 4.02. The van der Waals surface area contributed by atoms with Crippen LogP contribution < -0.4 is 10.1 Å². The van der Waals surface area contributed by atoms with Gasteiger partial charge in [-0.1, -0.05) is 18.2 Å². The number of rotatable bonds is 10. The second kappa shape index (κ2) is 9.95. The molecule has 0 fully saturated rings. The van der Waals surface area contributed by atoms with E-state index >= 15 is 0 Å². The Balaban J connectivity index is 1.73. The average molecular weight is 380 g/mol. The lowest BCUT2D eigenvalue weighted by Gasteiger charge is -2.08. The Kier molecular flexibility index (Phi) is 7.09. The highest BCUT2D eigenvalue weighted by molar-refractivity contribution is 5.91. The molecule has 3 rings (SSSR count). The Labute approximate surface area is 166 Å². The molecule has 3 aromatic rings. The summed E-state index contributed by atoms with van der Waals surface area (Å²) < 4.78 is 10.6. The molecule has 28 heavy (non-hydrogen) atoms. The van der Waals surface area contributed by atoms with Crippen LogP contribution in [0.5, 0.6) is 5.75 Å². The summed E-state index contributed by atoms with van der Waals surface area (Å²) >= 11 is 0. The topological polar surface area (TPSA) is 63.4 Å². The second-order valence-corrected chi connectivity index (χ2v) is 6.65. The molecule has 0 aliphatic heterocycles. The maximum absolute atomic E-state index is 12.3. The smallest absolute Gasteiger partial charge is 0.220 e. The summed E-state index contributed by atoms with van der Waals surface area (Å²) in [5.41, 5.74) is 4.41. The zero-order valence-corrected chi connectivity index (χ0v) is 16.6. The van der Waals surface area contributed by atoms with E-state index < -0.39 is 0 Å². The number of carbonyl (C=O) groups excluding carboxylic acids is 1. The van der Waals surface area contributed by atoms with Crippen molar-refractivity contribution in [3.05, 3.63) is 54.1 Å². The van der Waals surface area contributed by atoms with Crippen LogP contribution in [0.15, 0.2) is 48.5 Å². The summed E-state index contributed by atoms with van der Waals surface area (Å²) in [4.78, 5) is 15.8. The molecular weight excluding hydrogens is 352 g/mol. The van der Waals surface area contributed by atoms with Crippen LogP contribution in [0.25, 0.3) is 22.2 Å². The van der Waals surface area contributed by atoms with Gasteiger partial charge in [-0.25, -0.2) is 0 Å². The van der Waals surface area contributed by atoms with Crippen LogP contribution in [0.4, 0.5) is 0 Å². The van der Waals surface area contributed by atoms with Gasteiger partial charge in [-0.2, -0.15) is 0 Å². The minimum absolute atomic E-state index is 0.0717. The van der Waals surface area contributed by atoms with E-state index in [1.165, 1.54) is 5.56 Å². The monoisotopic (exact) mass is 380 g/mol. The Morgan fingerprint density at radius 3 is 2.64 bits per heavy atom. The third-order valence-electron chi connectivity index (χ3n) is 4.79. The molecule has 0 saturated heterocycles. The summed E-state index contributed by atoms with van der Waals surface area (Å²) in [6, 6.07) is 16.2. The second-order valence-electron chi connectivity index (χ2n) is 6.65. The highest BCUT2D eigenvalue weighted by Crippen LogP contribution is 2.32. The summed E-state index contributed by atoms with van der Waals surface area (Å²) in [5, 5.41) is 4.15. The molecule has 0 atom stereocenters. The zero-order valence-electron chi connectivity index (χ0n) is 16.6. The van der Waals surface area contributed by atoms with Crippen molar-refractivity contribution in [1.29, 1.82) is 0 Å². The van der Waals surface area contributed by atoms with Gasteiger partial charge in [0.05, 0.1) is 7.11 Å². The number of aromatic amines is 1. The largest absolute Gasteiger partial charge is 0.497 e. The van der Waals surface area contributed by atoms with Gasteiger partial charge in [0.1, 0.15) is 5.75 Å². The summed E-state index contributed by atoms with van der Waals surface area (Å²) in [5.74, 6) is 0.898. The first kappa shape index (κ1) is 20.0. The number of hydrogen-bond donors (Lipinski definition) is 2. The number of ether oxygens (including phenoxy) is 2. The standard InChI is InChI=1S/C23H28N2O3/c1-3-28-16-6-15-24-22(26)14-13-20-19-7-4-5-8-21(19)25-23(20)17-9-11-18(27-2)12-10-17/h4-5,7-12,25H,3,6,13-16H2,1-2H3,(H,24,26). The molecule has 0 spiro atoms. The van der Waals surface area contributed by atoms with Crippen LogP contribution in [0.3, 0.4) is 0 Å². The van der Waals surface area contributed by atoms with Gasteiger partial charge >= 0.3 is 0 Å². The first-order valence-electron chi connectivity index (χ1n) is 9.81. The number of hydrogen-bond acceptors (Lipinski definition) is 3. The van der Waals surface area contributed by atoms with E-state index in [9.17, 15) is 4.79 Å². The van der Waals surface area contributed by atoms with Gasteiger partial charge in [0.25, 0.3) is 0 Å². The van der Waals surface area contributed by atoms with Crippen LogP contribution in [-0.4, -0.2) is 37.8 Å². The fourth-order valence-electron chi connectivity index (χ4n) is 3.34. The SMILES string of the molecule is CCOCCCNC(=O)CCc1c(-c2ccc(OC)cc2)[nH]c2ccccc12. The van der Waals surface area contributed by atoms with Gasteiger partial charge in [-0.3, -0.25) is 4.79 Å². The number of para-hydroxylation sites is 1. The maximum Gasteiger partial charge on any atom is 0.220 e. The Hall–Kier alpha value is -2.79. The molecule has 5 nitrogen and oxygen atoms in total. The molecule has 0 bridgehead atoms. The molecule has 5 heteroatoms. The number of amides is 1. The van der Waals surface area contributed by atoms with E-state index in [2.05, 4.69) is 22.4 Å². The number of methoxy groups -OCH3 is 1. The first-order chi connectivity index (χ1) is 13.7. The van der Waals surface area contributed by atoms with Crippen molar-refractivity contribution >= 4 is 16.8 Å². The number of carbonyl (C=O) groups is 1. The number of H-pyrrole nitrogens is 1. The van der Waals surface area contributed by atoms with Crippen molar-refractivity contribution in [2.45, 2.75) is 26.2 Å². The molecule has 2 N–H and O–H groups in total. The lowest BCUT2D eigenvalue weighted by Crippen LogP contribution is -2.25. The van der Waals surface area contributed by atoms with Gasteiger partial charge in [-0.05, 0) is 61.2 Å². The molecule has 148 valence electrons. The average Bonchev–Trinajstić information content (AvgIpc) is 3.10. The van der Waals surface area contributed by atoms with E-state index in [1.807, 2.05) is 43.3 Å². The van der Waals surface area contributed by atoms with E-state index in [0.717, 1.165) is 34.3 Å². The van der Waals surface area contributed by atoms with Gasteiger partial charge in [0.2, 0.25) is 5.91 Å². The van der Waals surface area contributed by atoms with E-state index in [0.29, 0.717) is 32.6 Å². The van der Waals surface area contributed by atoms with E-state index in [-0.39, 0.29) is 5.91 Å². The van der Waals surface area contributed by atoms with Crippen LogP contribution in [0, 0.1) is 0 Å². The van der Waals surface area contributed by atoms with Crippen molar-refractivity contribution in [3.63, 3.8) is 0 Å². The van der Waals surface area contributed by atoms with Gasteiger partial charge in [0.15, 0.2) is 0 Å². The molecule has 0 aliphatic rings. The molecule has 1 aromatic heterocycles. The van der Waals surface area contributed by atoms with Gasteiger partial charge < -0.3 is 19.8 Å². The van der Waals surface area contributed by atoms with Crippen LogP contribution in [-0.2, 0) is 16.0 Å². The van der Waals surface area contributed by atoms with Crippen molar-refractivity contribution < 1.29 is 14.3 Å². The molecular formula is C23H28N2O3. The minimum atomic E-state index is 0.0717. The van der Waals surface area contributed by atoms with Gasteiger partial charge in [-0.15, -0.1) is 0 Å². The molecule has 0 aliphatic carbocycles. The van der Waals surface area contributed by atoms with E-state index in [1.54, 1.807) is 7.11 Å². The molecule has 0 radical (unpaired) electrons. The lowest BCUT2D eigenvalue weighted by atomic mass is 10.0. The minimum Gasteiger partial charge on any atom is -0.497 e. The zero-order chi connectivity index (χ0) is 19.8. The Morgan fingerprint density at radius 2 is 1.89 bits per heavy atom. The predicted octanol–water partition coefficient (Wildman–Crippen LogP) is 4.32. The Morgan fingerprint density at radius 1 is 1.11 bits per heavy atom. The predicted molar refractivity (Wildman–Crippen MR) is 113 cm³/mol. The van der Waals surface area contributed by atoms with Crippen molar-refractivity contribution in [3.8, 4) is 17.0 Å². The molecule has 1 heterocycles. The third-order valence-corrected chi connectivity index (χ3v) is 4.79. The maximum atomic E-state index is 12.3. The normalized spacial score (nSPS) is 10.9. The summed E-state index contributed by atoms with van der Waals surface area (Å²) in [7, 11) is 1.66. The first-order valence-corrected chi connectivity index (χ1v) is 9.81. The quantitative estimate of drug-likeness (QED) is 0.515. The fourth-order valence-corrected chi connectivity index (χ4v) is 3.34. The Bertz CT molecular complexity index is 900. The van der Waals surface area contributed by atoms with Gasteiger partial charge in [0, 0.05) is 42.8 Å². The highest BCUT2D eigenvalue weighted by Gasteiger charge is 2.14. The number of nitrogens with one attached hydrogen (secondary N) is 2. The van der Waals surface area contributed by atoms with Crippen molar-refractivity contribution in [2.24, 2.45) is 0 Å². The van der Waals surface area contributed by atoms with Crippen molar-refractivity contribution in [2.75, 3.05) is 26.9 Å².